The van der Waals surface area contributed by atoms with Gasteiger partial charge >= 0.3 is 196 Å². The molecule has 0 saturated heterocycles. The van der Waals surface area contributed by atoms with E-state index in [1.165, 1.54) is 14.9 Å². The molecule has 8 heteroatoms. The number of aliphatic hydroxyl groups is 1. The molecule has 0 aliphatic heterocycles. The van der Waals surface area contributed by atoms with Crippen LogP contribution in [0.1, 0.15) is 43.0 Å². The Labute approximate surface area is 195 Å². The van der Waals surface area contributed by atoms with Gasteiger partial charge in [0.25, 0.3) is 0 Å². The van der Waals surface area contributed by atoms with Crippen molar-refractivity contribution >= 4 is 36.2 Å². The van der Waals surface area contributed by atoms with Gasteiger partial charge in [-0.15, -0.1) is 0 Å². The van der Waals surface area contributed by atoms with Crippen molar-refractivity contribution in [1.29, 1.82) is 0 Å². The van der Waals surface area contributed by atoms with Crippen molar-refractivity contribution in [2.75, 3.05) is 13.6 Å². The van der Waals surface area contributed by atoms with Gasteiger partial charge in [-0.2, -0.15) is 0 Å². The molecule has 4 amide bonds. The van der Waals surface area contributed by atoms with Crippen molar-refractivity contribution < 1.29 is 19.5 Å². The summed E-state index contributed by atoms with van der Waals surface area (Å²) in [5.74, 6) is 0.389. The summed E-state index contributed by atoms with van der Waals surface area (Å²) < 4.78 is 0.430. The Morgan fingerprint density at radius 1 is 1.09 bits per heavy atom. The first-order chi connectivity index (χ1) is 15.0. The summed E-state index contributed by atoms with van der Waals surface area (Å²) in [4.78, 5) is 48.3. The zero-order valence-electron chi connectivity index (χ0n) is 20.0. The van der Waals surface area contributed by atoms with E-state index in [-0.39, 0.29) is 24.4 Å². The molecule has 2 fully saturated rings. The number of benzene rings is 1. The van der Waals surface area contributed by atoms with E-state index in [2.05, 4.69) is 14.8 Å². The second-order valence-corrected chi connectivity index (χ2v) is 26.3. The first-order valence-corrected chi connectivity index (χ1v) is 22.2. The Hall–Kier alpha value is -1.61. The second kappa shape index (κ2) is 10.1. The van der Waals surface area contributed by atoms with Crippen LogP contribution in [0.5, 0.6) is 0 Å². The van der Waals surface area contributed by atoms with E-state index in [0.717, 1.165) is 25.7 Å². The number of carbonyl (C=O) groups is 3. The van der Waals surface area contributed by atoms with Crippen molar-refractivity contribution in [2.45, 2.75) is 64.0 Å². The summed E-state index contributed by atoms with van der Waals surface area (Å²) in [7, 11) is 1.54. The average molecular weight is 550 g/mol. The van der Waals surface area contributed by atoms with Crippen LogP contribution < -0.4 is 0 Å². The number of hydrogen-bond acceptors (Lipinski definition) is 4. The number of amides is 4. The van der Waals surface area contributed by atoms with Crippen molar-refractivity contribution in [3.05, 3.63) is 35.9 Å². The van der Waals surface area contributed by atoms with E-state index in [9.17, 15) is 19.5 Å². The standard InChI is InChI=1S/C21H28N3O4.3CH3.Sn/c1-14(25)13-23(15(2)26)22(3)21(28)24(19-12-16-9-10-18(19)11-16)20(27)17-7-5-4-6-8-17;;;;/h4-8,14,16,18-19,25H,2,9-13H2,1,3H3;3*1H3;. The molecule has 4 unspecified atom stereocenters. The quantitative estimate of drug-likeness (QED) is 0.432. The Morgan fingerprint density at radius 3 is 2.25 bits per heavy atom. The molecule has 3 rings (SSSR count). The number of hydrazine groups is 1. The topological polar surface area (TPSA) is 81.2 Å². The molecule has 2 aliphatic carbocycles. The summed E-state index contributed by atoms with van der Waals surface area (Å²) in [6.45, 7) is 1.62. The van der Waals surface area contributed by atoms with Gasteiger partial charge < -0.3 is 0 Å². The van der Waals surface area contributed by atoms with E-state index in [1.807, 2.05) is 6.07 Å². The molecule has 1 N–H and O–H groups in total. The fraction of sp³-hybridized carbons (Fsp3) is 0.625. The number of fused-ring (bicyclic) bond motifs is 2. The molecule has 1 aromatic rings. The third-order valence-electron chi connectivity index (χ3n) is 6.52. The van der Waals surface area contributed by atoms with E-state index < -0.39 is 30.5 Å². The predicted molar refractivity (Wildman–Crippen MR) is 127 cm³/mol. The Kier molecular flexibility index (Phi) is 7.91. The van der Waals surface area contributed by atoms with Gasteiger partial charge in [0.2, 0.25) is 0 Å². The van der Waals surface area contributed by atoms with Crippen molar-refractivity contribution in [3.8, 4) is 0 Å². The minimum absolute atomic E-state index is 0.0209. The number of urea groups is 1. The molecule has 4 atom stereocenters. The summed E-state index contributed by atoms with van der Waals surface area (Å²) in [6, 6.07) is 8.23. The number of carbonyl (C=O) groups excluding carboxylic acids is 3. The molecule has 7 nitrogen and oxygen atoms in total. The molecule has 32 heavy (non-hydrogen) atoms. The molecule has 2 bridgehead atoms. The van der Waals surface area contributed by atoms with Crippen LogP contribution in [0.25, 0.3) is 0 Å². The van der Waals surface area contributed by atoms with Crippen LogP contribution in [-0.4, -0.2) is 82.0 Å². The Bertz CT molecular complexity index is 839. The van der Waals surface area contributed by atoms with Crippen LogP contribution >= 0.6 is 0 Å². The molecular weight excluding hydrogens is 513 g/mol. The molecule has 0 aromatic heterocycles. The van der Waals surface area contributed by atoms with Crippen LogP contribution in [-0.2, 0) is 4.79 Å². The summed E-state index contributed by atoms with van der Waals surface area (Å²) in [5, 5.41) is 12.6. The van der Waals surface area contributed by atoms with Crippen LogP contribution in [0.2, 0.25) is 19.3 Å². The van der Waals surface area contributed by atoms with Gasteiger partial charge in [-0.1, -0.05) is 0 Å². The number of imide groups is 1. The van der Waals surface area contributed by atoms with Gasteiger partial charge in [-0.25, -0.2) is 0 Å². The molecule has 176 valence electrons. The Morgan fingerprint density at radius 2 is 1.75 bits per heavy atom. The molecular formula is C24H37N3O4Sn. The van der Waals surface area contributed by atoms with E-state index in [4.69, 9.17) is 0 Å². The molecule has 0 heterocycles. The van der Waals surface area contributed by atoms with E-state index in [1.54, 1.807) is 38.2 Å². The van der Waals surface area contributed by atoms with E-state index in [0.29, 0.717) is 21.8 Å². The molecule has 1 aromatic carbocycles. The SMILES string of the molecule is CC(O)CN(C(=O)[CH2][Sn]([CH3])([CH3])[CH3])N(C)C(=O)N(C(=O)c1ccccc1)C1CC2CCC1C2. The fourth-order valence-corrected chi connectivity index (χ4v) is 8.18. The second-order valence-electron chi connectivity index (χ2n) is 10.7. The zero-order chi connectivity index (χ0) is 23.6. The van der Waals surface area contributed by atoms with Crippen LogP contribution in [0, 0.1) is 11.8 Å². The van der Waals surface area contributed by atoms with Gasteiger partial charge in [-0.05, 0) is 0 Å². The number of rotatable bonds is 6. The van der Waals surface area contributed by atoms with Crippen LogP contribution in [0.4, 0.5) is 4.79 Å². The van der Waals surface area contributed by atoms with Gasteiger partial charge in [0.15, 0.2) is 0 Å². The van der Waals surface area contributed by atoms with Crippen LogP contribution in [0.15, 0.2) is 30.3 Å². The van der Waals surface area contributed by atoms with Crippen molar-refractivity contribution in [2.24, 2.45) is 11.8 Å². The number of hydrogen-bond donors (Lipinski definition) is 1. The number of nitrogens with zero attached hydrogens (tertiary/aromatic N) is 3. The zero-order valence-corrected chi connectivity index (χ0v) is 22.8. The fourth-order valence-electron chi connectivity index (χ4n) is 5.07. The summed E-state index contributed by atoms with van der Waals surface area (Å²) in [5.41, 5.74) is 0.469. The summed E-state index contributed by atoms with van der Waals surface area (Å²) >= 11 is -2.50. The predicted octanol–water partition coefficient (Wildman–Crippen LogP) is 3.83. The monoisotopic (exact) mass is 551 g/mol. The van der Waals surface area contributed by atoms with Gasteiger partial charge in [-0.3, -0.25) is 0 Å². The van der Waals surface area contributed by atoms with Gasteiger partial charge in [0.05, 0.1) is 0 Å². The first kappa shape index (κ1) is 25.0. The van der Waals surface area contributed by atoms with Gasteiger partial charge in [0.1, 0.15) is 0 Å². The van der Waals surface area contributed by atoms with Gasteiger partial charge in [0, 0.05) is 0 Å². The molecule has 2 aliphatic rings. The molecule has 2 saturated carbocycles. The van der Waals surface area contributed by atoms with Crippen molar-refractivity contribution in [3.63, 3.8) is 0 Å². The number of aliphatic hydroxyl groups excluding tert-OH is 1. The third-order valence-corrected chi connectivity index (χ3v) is 10.4. The van der Waals surface area contributed by atoms with Crippen molar-refractivity contribution in [1.82, 2.24) is 14.9 Å². The Balaban J connectivity index is 1.91. The maximum absolute atomic E-state index is 13.8. The third kappa shape index (κ3) is 5.84. The van der Waals surface area contributed by atoms with E-state index >= 15 is 0 Å². The normalized spacial score (nSPS) is 23.0. The minimum atomic E-state index is -2.50. The maximum atomic E-state index is 13.8. The molecule has 0 radical (unpaired) electrons. The first-order valence-electron chi connectivity index (χ1n) is 11.6. The average Bonchev–Trinajstić information content (AvgIpc) is 3.34. The van der Waals surface area contributed by atoms with Crippen LogP contribution in [0.3, 0.4) is 0 Å². The summed E-state index contributed by atoms with van der Waals surface area (Å²) in [6.07, 6.45) is 3.27. The molecule has 0 spiro atoms.